The molecule has 174 valence electrons. The molecule has 34 heavy (non-hydrogen) atoms. The van der Waals surface area contributed by atoms with Crippen molar-refractivity contribution in [2.45, 2.75) is 13.8 Å². The number of hydrogen-bond acceptors (Lipinski definition) is 6. The quantitative estimate of drug-likeness (QED) is 0.400. The molecular formula is C24H22FN5O4. The van der Waals surface area contributed by atoms with E-state index in [4.69, 9.17) is 9.47 Å². The highest BCUT2D eigenvalue weighted by Gasteiger charge is 2.21. The largest absolute Gasteiger partial charge is 0.480 e. The molecule has 0 saturated carbocycles. The fourth-order valence-corrected chi connectivity index (χ4v) is 3.21. The standard InChI is InChI=1S/C24H22FN5O4/c1-3-33-24(32)23-20(14-29(28-23)18-7-5-4-6-8-18)34-15-22(31)26-21-13-16(2)27-30(21)19-11-9-17(25)10-12-19/h4-14H,3,15H2,1-2H3,(H,26,31). The maximum atomic E-state index is 13.3. The van der Waals surface area contributed by atoms with Crippen molar-refractivity contribution in [3.05, 3.63) is 84.1 Å². The predicted molar refractivity (Wildman–Crippen MR) is 122 cm³/mol. The van der Waals surface area contributed by atoms with Crippen LogP contribution in [0.1, 0.15) is 23.1 Å². The number of nitrogens with one attached hydrogen (secondary N) is 1. The minimum atomic E-state index is -0.655. The van der Waals surface area contributed by atoms with Crippen LogP contribution >= 0.6 is 0 Å². The summed E-state index contributed by atoms with van der Waals surface area (Å²) in [6, 6.07) is 16.6. The van der Waals surface area contributed by atoms with E-state index in [0.717, 1.165) is 0 Å². The second-order valence-corrected chi connectivity index (χ2v) is 7.24. The number of halogens is 1. The summed E-state index contributed by atoms with van der Waals surface area (Å²) in [6.45, 7) is 3.24. The third-order valence-corrected chi connectivity index (χ3v) is 4.70. The maximum absolute atomic E-state index is 13.3. The number of aromatic nitrogens is 4. The van der Waals surface area contributed by atoms with Gasteiger partial charge in [0.05, 0.1) is 29.9 Å². The van der Waals surface area contributed by atoms with Crippen LogP contribution in [0.2, 0.25) is 0 Å². The molecule has 2 aromatic heterocycles. The topological polar surface area (TPSA) is 100 Å². The molecule has 10 heteroatoms. The number of hydrogen-bond donors (Lipinski definition) is 1. The van der Waals surface area contributed by atoms with E-state index in [1.54, 1.807) is 32.0 Å². The lowest BCUT2D eigenvalue weighted by atomic mass is 10.3. The van der Waals surface area contributed by atoms with E-state index in [-0.39, 0.29) is 30.5 Å². The average Bonchev–Trinajstić information content (AvgIpc) is 3.42. The van der Waals surface area contributed by atoms with Gasteiger partial charge in [0.25, 0.3) is 5.91 Å². The van der Waals surface area contributed by atoms with Gasteiger partial charge in [0.15, 0.2) is 12.4 Å². The number of benzene rings is 2. The number of carbonyl (C=O) groups excluding carboxylic acids is 2. The Labute approximate surface area is 194 Å². The van der Waals surface area contributed by atoms with Crippen molar-refractivity contribution in [1.82, 2.24) is 19.6 Å². The maximum Gasteiger partial charge on any atom is 0.362 e. The van der Waals surface area contributed by atoms with E-state index >= 15 is 0 Å². The fraction of sp³-hybridized carbons (Fsp3) is 0.167. The van der Waals surface area contributed by atoms with Crippen LogP contribution in [-0.4, -0.2) is 44.7 Å². The first-order chi connectivity index (χ1) is 16.4. The SMILES string of the molecule is CCOC(=O)c1nn(-c2ccccc2)cc1OCC(=O)Nc1cc(C)nn1-c1ccc(F)cc1. The lowest BCUT2D eigenvalue weighted by molar-refractivity contribution is -0.118. The second kappa shape index (κ2) is 9.99. The normalized spacial score (nSPS) is 10.7. The molecule has 0 bridgehead atoms. The molecule has 0 unspecified atom stereocenters. The van der Waals surface area contributed by atoms with Crippen molar-refractivity contribution >= 4 is 17.7 Å². The summed E-state index contributed by atoms with van der Waals surface area (Å²) in [5, 5.41) is 11.3. The molecule has 0 atom stereocenters. The summed E-state index contributed by atoms with van der Waals surface area (Å²) in [6.07, 6.45) is 1.52. The van der Waals surface area contributed by atoms with E-state index in [0.29, 0.717) is 22.9 Å². The van der Waals surface area contributed by atoms with E-state index in [2.05, 4.69) is 15.5 Å². The van der Waals surface area contributed by atoms with Gasteiger partial charge in [0, 0.05) is 6.07 Å². The number of anilines is 1. The Morgan fingerprint density at radius 1 is 1.03 bits per heavy atom. The van der Waals surface area contributed by atoms with Crippen molar-refractivity contribution < 1.29 is 23.5 Å². The number of ether oxygens (including phenoxy) is 2. The number of esters is 1. The molecule has 9 nitrogen and oxygen atoms in total. The first-order valence-corrected chi connectivity index (χ1v) is 10.5. The zero-order valence-corrected chi connectivity index (χ0v) is 18.6. The first kappa shape index (κ1) is 22.7. The van der Waals surface area contributed by atoms with Gasteiger partial charge in [-0.3, -0.25) is 4.79 Å². The predicted octanol–water partition coefficient (Wildman–Crippen LogP) is 3.70. The van der Waals surface area contributed by atoms with Gasteiger partial charge in [-0.25, -0.2) is 18.5 Å². The van der Waals surface area contributed by atoms with Crippen LogP contribution in [-0.2, 0) is 9.53 Å². The second-order valence-electron chi connectivity index (χ2n) is 7.24. The van der Waals surface area contributed by atoms with Crippen LogP contribution in [0.4, 0.5) is 10.2 Å². The summed E-state index contributed by atoms with van der Waals surface area (Å²) >= 11 is 0. The van der Waals surface area contributed by atoms with Gasteiger partial charge < -0.3 is 14.8 Å². The van der Waals surface area contributed by atoms with Crippen molar-refractivity contribution in [2.24, 2.45) is 0 Å². The van der Waals surface area contributed by atoms with Crippen molar-refractivity contribution in [1.29, 1.82) is 0 Å². The molecule has 2 heterocycles. The zero-order chi connectivity index (χ0) is 24.1. The Balaban J connectivity index is 1.51. The third-order valence-electron chi connectivity index (χ3n) is 4.70. The van der Waals surface area contributed by atoms with Crippen molar-refractivity contribution in [3.63, 3.8) is 0 Å². The van der Waals surface area contributed by atoms with Crippen LogP contribution < -0.4 is 10.1 Å². The van der Waals surface area contributed by atoms with Gasteiger partial charge in [-0.1, -0.05) is 18.2 Å². The molecular weight excluding hydrogens is 441 g/mol. The van der Waals surface area contributed by atoms with Crippen LogP contribution in [0.5, 0.6) is 5.75 Å². The minimum absolute atomic E-state index is 0.0364. The summed E-state index contributed by atoms with van der Waals surface area (Å²) in [4.78, 5) is 25.0. The molecule has 0 saturated heterocycles. The smallest absolute Gasteiger partial charge is 0.362 e. The highest BCUT2D eigenvalue weighted by atomic mass is 19.1. The number of amides is 1. The Morgan fingerprint density at radius 2 is 1.76 bits per heavy atom. The van der Waals surface area contributed by atoms with E-state index in [1.165, 1.54) is 27.7 Å². The van der Waals surface area contributed by atoms with Crippen LogP contribution in [0.25, 0.3) is 11.4 Å². The summed E-state index contributed by atoms with van der Waals surface area (Å²) in [5.74, 6) is -1.01. The minimum Gasteiger partial charge on any atom is -0.480 e. The number of aryl methyl sites for hydroxylation is 1. The molecule has 4 rings (SSSR count). The third kappa shape index (κ3) is 5.12. The molecule has 1 N–H and O–H groups in total. The van der Waals surface area contributed by atoms with Gasteiger partial charge in [-0.05, 0) is 50.2 Å². The summed E-state index contributed by atoms with van der Waals surface area (Å²) < 4.78 is 26.9. The lowest BCUT2D eigenvalue weighted by Gasteiger charge is -2.10. The first-order valence-electron chi connectivity index (χ1n) is 10.5. The molecule has 2 aromatic carbocycles. The molecule has 1 amide bonds. The molecule has 0 spiro atoms. The molecule has 0 aliphatic heterocycles. The van der Waals surface area contributed by atoms with Gasteiger partial charge in [0.2, 0.25) is 5.69 Å². The van der Waals surface area contributed by atoms with Crippen LogP contribution in [0, 0.1) is 12.7 Å². The Hall–Kier alpha value is -4.47. The molecule has 4 aromatic rings. The molecule has 0 fully saturated rings. The van der Waals surface area contributed by atoms with Gasteiger partial charge in [-0.2, -0.15) is 10.2 Å². The monoisotopic (exact) mass is 463 g/mol. The van der Waals surface area contributed by atoms with E-state index in [1.807, 2.05) is 30.3 Å². The lowest BCUT2D eigenvalue weighted by Crippen LogP contribution is -2.22. The number of carbonyl (C=O) groups is 2. The number of rotatable bonds is 8. The van der Waals surface area contributed by atoms with Gasteiger partial charge in [-0.15, -0.1) is 0 Å². The molecule has 0 aliphatic carbocycles. The zero-order valence-electron chi connectivity index (χ0n) is 18.6. The molecule has 0 aliphatic rings. The summed E-state index contributed by atoms with van der Waals surface area (Å²) in [7, 11) is 0. The van der Waals surface area contributed by atoms with Crippen LogP contribution in [0.15, 0.2) is 66.9 Å². The highest BCUT2D eigenvalue weighted by Crippen LogP contribution is 2.22. The Morgan fingerprint density at radius 3 is 2.47 bits per heavy atom. The number of nitrogens with zero attached hydrogens (tertiary/aromatic N) is 4. The van der Waals surface area contributed by atoms with Crippen LogP contribution in [0.3, 0.4) is 0 Å². The fourth-order valence-electron chi connectivity index (χ4n) is 3.21. The van der Waals surface area contributed by atoms with Gasteiger partial charge >= 0.3 is 5.97 Å². The Bertz CT molecular complexity index is 1300. The Kier molecular flexibility index (Phi) is 6.67. The van der Waals surface area contributed by atoms with Crippen molar-refractivity contribution in [2.75, 3.05) is 18.5 Å². The highest BCUT2D eigenvalue weighted by molar-refractivity contribution is 5.92. The average molecular weight is 463 g/mol. The van der Waals surface area contributed by atoms with Gasteiger partial charge in [0.1, 0.15) is 11.6 Å². The van der Waals surface area contributed by atoms with E-state index in [9.17, 15) is 14.0 Å². The number of para-hydroxylation sites is 1. The molecule has 0 radical (unpaired) electrons. The van der Waals surface area contributed by atoms with E-state index < -0.39 is 11.9 Å². The van der Waals surface area contributed by atoms with Crippen molar-refractivity contribution in [3.8, 4) is 17.1 Å². The summed E-state index contributed by atoms with van der Waals surface area (Å²) in [5.41, 5.74) is 1.92.